The molecule has 1 saturated heterocycles. The zero-order valence-corrected chi connectivity index (χ0v) is 10.8. The summed E-state index contributed by atoms with van der Waals surface area (Å²) >= 11 is 0. The molecule has 0 radical (unpaired) electrons. The van der Waals surface area contributed by atoms with Gasteiger partial charge in [0.15, 0.2) is 0 Å². The molecule has 1 aliphatic carbocycles. The third kappa shape index (κ3) is 2.17. The number of amides is 1. The van der Waals surface area contributed by atoms with Crippen LogP contribution in [0.4, 0.5) is 4.39 Å². The summed E-state index contributed by atoms with van der Waals surface area (Å²) in [5, 5.41) is 0. The summed E-state index contributed by atoms with van der Waals surface area (Å²) in [5.74, 6) is 0.0683. The molecule has 3 aliphatic rings. The predicted molar refractivity (Wildman–Crippen MR) is 68.5 cm³/mol. The molecule has 0 aromatic heterocycles. The van der Waals surface area contributed by atoms with E-state index in [4.69, 9.17) is 0 Å². The first-order chi connectivity index (χ1) is 8.75. The Morgan fingerprint density at radius 1 is 1.17 bits per heavy atom. The molecule has 100 valence electrons. The minimum Gasteiger partial charge on any atom is -0.338 e. The fourth-order valence-corrected chi connectivity index (χ4v) is 3.51. The molecule has 2 fully saturated rings. The second-order valence-electron chi connectivity index (χ2n) is 5.81. The van der Waals surface area contributed by atoms with Crippen LogP contribution in [0.2, 0.25) is 0 Å². The normalized spacial score (nSPS) is 36.2. The Kier molecular flexibility index (Phi) is 3.35. The van der Waals surface area contributed by atoms with Crippen LogP contribution in [0, 0.1) is 5.92 Å². The minimum absolute atomic E-state index is 0.0116. The first-order valence-corrected chi connectivity index (χ1v) is 7.26. The van der Waals surface area contributed by atoms with Gasteiger partial charge in [-0.05, 0) is 38.5 Å². The van der Waals surface area contributed by atoms with Crippen molar-refractivity contribution in [2.45, 2.75) is 57.2 Å². The first-order valence-electron chi connectivity index (χ1n) is 7.26. The number of aliphatic imine (C=N–C) groups is 1. The van der Waals surface area contributed by atoms with E-state index >= 15 is 0 Å². The molecule has 0 aromatic rings. The van der Waals surface area contributed by atoms with Gasteiger partial charge in [0.2, 0.25) is 0 Å². The van der Waals surface area contributed by atoms with Crippen LogP contribution in [0.15, 0.2) is 4.99 Å². The maximum absolute atomic E-state index is 13.8. The van der Waals surface area contributed by atoms with Crippen LogP contribution in [0.25, 0.3) is 0 Å². The van der Waals surface area contributed by atoms with E-state index in [-0.39, 0.29) is 17.9 Å². The Labute approximate surface area is 107 Å². The lowest BCUT2D eigenvalue weighted by molar-refractivity contribution is -0.125. The van der Waals surface area contributed by atoms with Crippen LogP contribution >= 0.6 is 0 Å². The molecule has 0 aromatic carbocycles. The average molecular weight is 252 g/mol. The van der Waals surface area contributed by atoms with E-state index in [0.717, 1.165) is 38.8 Å². The van der Waals surface area contributed by atoms with Crippen LogP contribution in [-0.2, 0) is 4.79 Å². The number of piperidine rings is 1. The quantitative estimate of drug-likeness (QED) is 0.705. The Morgan fingerprint density at radius 2 is 1.94 bits per heavy atom. The highest BCUT2D eigenvalue weighted by molar-refractivity contribution is 6.39. The summed E-state index contributed by atoms with van der Waals surface area (Å²) in [7, 11) is 0. The van der Waals surface area contributed by atoms with Gasteiger partial charge in [0.1, 0.15) is 11.9 Å². The van der Waals surface area contributed by atoms with Gasteiger partial charge in [-0.15, -0.1) is 0 Å². The van der Waals surface area contributed by atoms with E-state index in [1.54, 1.807) is 0 Å². The molecule has 1 amide bonds. The lowest BCUT2D eigenvalue weighted by Gasteiger charge is -2.27. The van der Waals surface area contributed by atoms with Crippen molar-refractivity contribution in [1.82, 2.24) is 4.90 Å². The second kappa shape index (κ2) is 4.98. The number of hydrogen-bond acceptors (Lipinski definition) is 2. The number of halogens is 1. The Morgan fingerprint density at radius 3 is 2.67 bits per heavy atom. The summed E-state index contributed by atoms with van der Waals surface area (Å²) in [6, 6.07) is 0.0810. The van der Waals surface area contributed by atoms with Gasteiger partial charge in [-0.1, -0.05) is 0 Å². The molecule has 3 nitrogen and oxygen atoms in total. The van der Waals surface area contributed by atoms with Crippen molar-refractivity contribution in [3.05, 3.63) is 0 Å². The number of carbonyl (C=O) groups is 1. The van der Waals surface area contributed by atoms with Gasteiger partial charge >= 0.3 is 0 Å². The molecule has 3 unspecified atom stereocenters. The highest BCUT2D eigenvalue weighted by Gasteiger charge is 2.40. The summed E-state index contributed by atoms with van der Waals surface area (Å²) in [6.45, 7) is 1.71. The molecule has 18 heavy (non-hydrogen) atoms. The SMILES string of the molecule is O=C(C1=NC2CCCC(F)C2C1)N1CCCCC1. The monoisotopic (exact) mass is 252 g/mol. The molecule has 0 bridgehead atoms. The smallest absolute Gasteiger partial charge is 0.267 e. The number of alkyl halides is 1. The number of hydrogen-bond donors (Lipinski definition) is 0. The van der Waals surface area contributed by atoms with Crippen molar-refractivity contribution in [1.29, 1.82) is 0 Å². The number of carbonyl (C=O) groups excluding carboxylic acids is 1. The van der Waals surface area contributed by atoms with Gasteiger partial charge in [0, 0.05) is 25.4 Å². The van der Waals surface area contributed by atoms with Crippen molar-refractivity contribution in [2.24, 2.45) is 10.9 Å². The van der Waals surface area contributed by atoms with Crippen molar-refractivity contribution in [2.75, 3.05) is 13.1 Å². The zero-order valence-electron chi connectivity index (χ0n) is 10.8. The summed E-state index contributed by atoms with van der Waals surface area (Å²) < 4.78 is 13.8. The number of nitrogens with zero attached hydrogens (tertiary/aromatic N) is 2. The molecule has 2 aliphatic heterocycles. The topological polar surface area (TPSA) is 32.7 Å². The maximum atomic E-state index is 13.8. The van der Waals surface area contributed by atoms with Gasteiger partial charge < -0.3 is 4.90 Å². The van der Waals surface area contributed by atoms with Crippen molar-refractivity contribution in [3.63, 3.8) is 0 Å². The zero-order chi connectivity index (χ0) is 12.5. The van der Waals surface area contributed by atoms with Crippen molar-refractivity contribution in [3.8, 4) is 0 Å². The number of likely N-dealkylation sites (tertiary alicyclic amines) is 1. The van der Waals surface area contributed by atoms with Crippen LogP contribution in [0.5, 0.6) is 0 Å². The van der Waals surface area contributed by atoms with Crippen molar-refractivity contribution >= 4 is 11.6 Å². The number of rotatable bonds is 1. The van der Waals surface area contributed by atoms with E-state index in [1.165, 1.54) is 6.42 Å². The van der Waals surface area contributed by atoms with E-state index < -0.39 is 6.17 Å². The Balaban J connectivity index is 1.68. The van der Waals surface area contributed by atoms with Gasteiger partial charge in [0.25, 0.3) is 5.91 Å². The fourth-order valence-electron chi connectivity index (χ4n) is 3.51. The Hall–Kier alpha value is -0.930. The van der Waals surface area contributed by atoms with Crippen molar-refractivity contribution < 1.29 is 9.18 Å². The Bertz CT molecular complexity index is 363. The van der Waals surface area contributed by atoms with E-state index in [0.29, 0.717) is 18.6 Å². The van der Waals surface area contributed by atoms with Gasteiger partial charge in [0.05, 0.1) is 6.04 Å². The summed E-state index contributed by atoms with van der Waals surface area (Å²) in [5.41, 5.74) is 0.649. The molecule has 0 spiro atoms. The molecular formula is C14H21FN2O. The minimum atomic E-state index is -0.751. The predicted octanol–water partition coefficient (Wildman–Crippen LogP) is 2.35. The van der Waals surface area contributed by atoms with Gasteiger partial charge in [-0.2, -0.15) is 0 Å². The highest BCUT2D eigenvalue weighted by atomic mass is 19.1. The lowest BCUT2D eigenvalue weighted by atomic mass is 9.83. The molecule has 0 N–H and O–H groups in total. The fraction of sp³-hybridized carbons (Fsp3) is 0.857. The van der Waals surface area contributed by atoms with Crippen LogP contribution in [0.1, 0.15) is 44.9 Å². The van der Waals surface area contributed by atoms with Crippen LogP contribution in [-0.4, -0.2) is 41.8 Å². The summed E-state index contributed by atoms with van der Waals surface area (Å²) in [4.78, 5) is 18.8. The molecule has 3 atom stereocenters. The van der Waals surface area contributed by atoms with Gasteiger partial charge in [-0.3, -0.25) is 9.79 Å². The second-order valence-corrected chi connectivity index (χ2v) is 5.81. The lowest BCUT2D eigenvalue weighted by Crippen LogP contribution is -2.40. The molecule has 4 heteroatoms. The first kappa shape index (κ1) is 12.1. The maximum Gasteiger partial charge on any atom is 0.267 e. The largest absolute Gasteiger partial charge is 0.338 e. The van der Waals surface area contributed by atoms with Gasteiger partial charge in [-0.25, -0.2) is 4.39 Å². The number of fused-ring (bicyclic) bond motifs is 1. The highest BCUT2D eigenvalue weighted by Crippen LogP contribution is 2.36. The molecule has 1 saturated carbocycles. The molecule has 2 heterocycles. The van der Waals surface area contributed by atoms with E-state index in [1.807, 2.05) is 4.90 Å². The van der Waals surface area contributed by atoms with E-state index in [2.05, 4.69) is 4.99 Å². The molecular weight excluding hydrogens is 231 g/mol. The third-order valence-electron chi connectivity index (χ3n) is 4.58. The standard InChI is InChI=1S/C14H21FN2O/c15-11-5-4-6-12-10(11)9-13(16-12)14(18)17-7-2-1-3-8-17/h10-12H,1-9H2. The van der Waals surface area contributed by atoms with E-state index in [9.17, 15) is 9.18 Å². The third-order valence-corrected chi connectivity index (χ3v) is 4.58. The van der Waals surface area contributed by atoms with Crippen LogP contribution < -0.4 is 0 Å². The average Bonchev–Trinajstić information content (AvgIpc) is 2.84. The van der Waals surface area contributed by atoms with Crippen LogP contribution in [0.3, 0.4) is 0 Å². The molecule has 3 rings (SSSR count). The summed E-state index contributed by atoms with van der Waals surface area (Å²) in [6.07, 6.45) is 5.75.